The van der Waals surface area contributed by atoms with Crippen LogP contribution in [-0.2, 0) is 30.5 Å². The zero-order valence-electron chi connectivity index (χ0n) is 13.6. The van der Waals surface area contributed by atoms with Crippen molar-refractivity contribution in [1.29, 1.82) is 0 Å². The summed E-state index contributed by atoms with van der Waals surface area (Å²) in [6.07, 6.45) is -4.22. The normalized spacial score (nSPS) is 14.0. The molecule has 0 radical (unpaired) electrons. The van der Waals surface area contributed by atoms with Gasteiger partial charge in [-0.1, -0.05) is 0 Å². The van der Waals surface area contributed by atoms with Crippen molar-refractivity contribution in [1.82, 2.24) is 15.1 Å². The Balaban J connectivity index is 1.60. The highest BCUT2D eigenvalue weighted by Gasteiger charge is 2.39. The van der Waals surface area contributed by atoms with Crippen molar-refractivity contribution in [3.05, 3.63) is 47.0 Å². The third-order valence-electron chi connectivity index (χ3n) is 3.88. The van der Waals surface area contributed by atoms with E-state index in [1.54, 1.807) is 0 Å². The third-order valence-corrected chi connectivity index (χ3v) is 3.88. The van der Waals surface area contributed by atoms with Gasteiger partial charge in [0.15, 0.2) is 5.69 Å². The molecule has 0 aliphatic carbocycles. The van der Waals surface area contributed by atoms with Gasteiger partial charge in [-0.2, -0.15) is 18.3 Å². The van der Waals surface area contributed by atoms with E-state index in [4.69, 9.17) is 4.74 Å². The maximum atomic E-state index is 13.1. The number of ether oxygens (including phenoxy) is 1. The van der Waals surface area contributed by atoms with Gasteiger partial charge in [-0.15, -0.1) is 0 Å². The number of aromatic nitrogens is 2. The van der Waals surface area contributed by atoms with Gasteiger partial charge in [0.05, 0.1) is 19.8 Å². The molecule has 140 valence electrons. The van der Waals surface area contributed by atoms with E-state index in [0.717, 1.165) is 0 Å². The quantitative estimate of drug-likeness (QED) is 0.811. The third kappa shape index (κ3) is 4.13. The standard InChI is InChI=1S/C16H16F4N4O2/c17-10-1-3-11(4-2-10)22-15(25)21-6-7-24-13-5-8-26-9-12(13)14(23-24)16(18,19)20/h1-4H,5-9H2,(H2,21,22,25). The lowest BCUT2D eigenvalue weighted by Crippen LogP contribution is -2.32. The highest BCUT2D eigenvalue weighted by molar-refractivity contribution is 5.89. The molecule has 3 rings (SSSR count). The Bertz CT molecular complexity index is 787. The maximum absolute atomic E-state index is 13.1. The summed E-state index contributed by atoms with van der Waals surface area (Å²) in [5.74, 6) is -0.427. The molecule has 1 aromatic heterocycles. The van der Waals surface area contributed by atoms with Gasteiger partial charge in [0, 0.05) is 29.9 Å². The van der Waals surface area contributed by atoms with Crippen LogP contribution in [0.25, 0.3) is 0 Å². The first-order valence-electron chi connectivity index (χ1n) is 7.88. The van der Waals surface area contributed by atoms with Crippen molar-refractivity contribution in [2.24, 2.45) is 0 Å². The fourth-order valence-electron chi connectivity index (χ4n) is 2.71. The molecular weight excluding hydrogens is 356 g/mol. The lowest BCUT2D eigenvalue weighted by atomic mass is 10.1. The molecule has 0 saturated heterocycles. The first-order chi connectivity index (χ1) is 12.3. The number of carbonyl (C=O) groups excluding carboxylic acids is 1. The Kier molecular flexibility index (Phi) is 5.12. The number of carbonyl (C=O) groups is 1. The van der Waals surface area contributed by atoms with Crippen molar-refractivity contribution in [2.45, 2.75) is 25.7 Å². The van der Waals surface area contributed by atoms with E-state index in [-0.39, 0.29) is 25.3 Å². The van der Waals surface area contributed by atoms with Crippen molar-refractivity contribution >= 4 is 11.7 Å². The number of urea groups is 1. The van der Waals surface area contributed by atoms with Gasteiger partial charge in [0.25, 0.3) is 0 Å². The zero-order chi connectivity index (χ0) is 18.7. The number of hydrogen-bond acceptors (Lipinski definition) is 3. The second-order valence-electron chi connectivity index (χ2n) is 5.69. The van der Waals surface area contributed by atoms with Crippen LogP contribution in [0.15, 0.2) is 24.3 Å². The SMILES string of the molecule is O=C(NCCn1nc(C(F)(F)F)c2c1CCOC2)Nc1ccc(F)cc1. The summed E-state index contributed by atoms with van der Waals surface area (Å²) >= 11 is 0. The van der Waals surface area contributed by atoms with Crippen LogP contribution in [0.5, 0.6) is 0 Å². The van der Waals surface area contributed by atoms with Crippen LogP contribution in [0.1, 0.15) is 17.0 Å². The average Bonchev–Trinajstić information content (AvgIpc) is 2.96. The molecule has 0 fully saturated rings. The van der Waals surface area contributed by atoms with Gasteiger partial charge >= 0.3 is 12.2 Å². The molecule has 1 aromatic carbocycles. The minimum absolute atomic E-state index is 0.0551. The van der Waals surface area contributed by atoms with Gasteiger partial charge in [-0.05, 0) is 24.3 Å². The highest BCUT2D eigenvalue weighted by Crippen LogP contribution is 2.34. The van der Waals surface area contributed by atoms with E-state index in [1.807, 2.05) is 0 Å². The molecule has 0 bridgehead atoms. The predicted molar refractivity (Wildman–Crippen MR) is 84.0 cm³/mol. The van der Waals surface area contributed by atoms with E-state index >= 15 is 0 Å². The monoisotopic (exact) mass is 372 g/mol. The van der Waals surface area contributed by atoms with Crippen molar-refractivity contribution in [2.75, 3.05) is 18.5 Å². The Labute approximate surface area is 146 Å². The molecule has 0 spiro atoms. The number of hydrogen-bond donors (Lipinski definition) is 2. The summed E-state index contributed by atoms with van der Waals surface area (Å²) in [6.45, 7) is 0.381. The minimum Gasteiger partial charge on any atom is -0.376 e. The predicted octanol–water partition coefficient (Wildman–Crippen LogP) is 2.94. The maximum Gasteiger partial charge on any atom is 0.435 e. The fourth-order valence-corrected chi connectivity index (χ4v) is 2.71. The Morgan fingerprint density at radius 2 is 2.00 bits per heavy atom. The van der Waals surface area contributed by atoms with Crippen LogP contribution >= 0.6 is 0 Å². The van der Waals surface area contributed by atoms with Crippen molar-refractivity contribution < 1.29 is 27.1 Å². The molecule has 10 heteroatoms. The summed E-state index contributed by atoms with van der Waals surface area (Å²) in [4.78, 5) is 11.8. The highest BCUT2D eigenvalue weighted by atomic mass is 19.4. The molecule has 26 heavy (non-hydrogen) atoms. The van der Waals surface area contributed by atoms with Gasteiger partial charge in [0.2, 0.25) is 0 Å². The largest absolute Gasteiger partial charge is 0.435 e. The van der Waals surface area contributed by atoms with Crippen LogP contribution in [-0.4, -0.2) is 29.0 Å². The van der Waals surface area contributed by atoms with Crippen LogP contribution < -0.4 is 10.6 Å². The fraction of sp³-hybridized carbons (Fsp3) is 0.375. The molecule has 0 saturated carbocycles. The molecule has 2 aromatic rings. The lowest BCUT2D eigenvalue weighted by molar-refractivity contribution is -0.142. The van der Waals surface area contributed by atoms with E-state index in [2.05, 4.69) is 15.7 Å². The van der Waals surface area contributed by atoms with E-state index in [9.17, 15) is 22.4 Å². The van der Waals surface area contributed by atoms with Crippen LogP contribution in [0.2, 0.25) is 0 Å². The molecule has 2 amide bonds. The first kappa shape index (κ1) is 18.2. The summed E-state index contributed by atoms with van der Waals surface area (Å²) in [5, 5.41) is 8.68. The van der Waals surface area contributed by atoms with Crippen molar-refractivity contribution in [3.63, 3.8) is 0 Å². The number of nitrogens with one attached hydrogen (secondary N) is 2. The van der Waals surface area contributed by atoms with E-state index in [1.165, 1.54) is 28.9 Å². The second kappa shape index (κ2) is 7.32. The molecule has 1 aliphatic heterocycles. The molecule has 0 atom stereocenters. The Morgan fingerprint density at radius 1 is 1.27 bits per heavy atom. The van der Waals surface area contributed by atoms with Crippen LogP contribution in [0.4, 0.5) is 28.0 Å². The van der Waals surface area contributed by atoms with E-state index < -0.39 is 23.7 Å². The van der Waals surface area contributed by atoms with E-state index in [0.29, 0.717) is 24.4 Å². The topological polar surface area (TPSA) is 68.2 Å². The Morgan fingerprint density at radius 3 is 2.69 bits per heavy atom. The molecule has 6 nitrogen and oxygen atoms in total. The van der Waals surface area contributed by atoms with Gasteiger partial charge < -0.3 is 15.4 Å². The van der Waals surface area contributed by atoms with Gasteiger partial charge in [-0.25, -0.2) is 9.18 Å². The van der Waals surface area contributed by atoms with Crippen LogP contribution in [0, 0.1) is 5.82 Å². The number of benzene rings is 1. The number of anilines is 1. The number of amides is 2. The first-order valence-corrected chi connectivity index (χ1v) is 7.88. The van der Waals surface area contributed by atoms with Crippen molar-refractivity contribution in [3.8, 4) is 0 Å². The second-order valence-corrected chi connectivity index (χ2v) is 5.69. The molecule has 2 heterocycles. The summed E-state index contributed by atoms with van der Waals surface area (Å²) < 4.78 is 58.4. The number of alkyl halides is 3. The number of rotatable bonds is 4. The molecule has 0 unspecified atom stereocenters. The zero-order valence-corrected chi connectivity index (χ0v) is 13.6. The molecule has 2 N–H and O–H groups in total. The van der Waals surface area contributed by atoms with Crippen LogP contribution in [0.3, 0.4) is 0 Å². The molecular formula is C16H16F4N4O2. The molecule has 1 aliphatic rings. The smallest absolute Gasteiger partial charge is 0.376 e. The van der Waals surface area contributed by atoms with Gasteiger partial charge in [-0.3, -0.25) is 4.68 Å². The number of halogens is 4. The summed E-state index contributed by atoms with van der Waals surface area (Å²) in [6, 6.07) is 4.65. The summed E-state index contributed by atoms with van der Waals surface area (Å²) in [7, 11) is 0. The average molecular weight is 372 g/mol. The summed E-state index contributed by atoms with van der Waals surface area (Å²) in [5.41, 5.74) is -0.0105. The minimum atomic E-state index is -4.55. The lowest BCUT2D eigenvalue weighted by Gasteiger charge is -2.15. The number of nitrogens with zero attached hydrogens (tertiary/aromatic N) is 2. The number of fused-ring (bicyclic) bond motifs is 1. The Hall–Kier alpha value is -2.62. The van der Waals surface area contributed by atoms with Gasteiger partial charge in [0.1, 0.15) is 5.82 Å².